The summed E-state index contributed by atoms with van der Waals surface area (Å²) >= 11 is 1.49. The summed E-state index contributed by atoms with van der Waals surface area (Å²) in [4.78, 5) is 12.5. The molecule has 0 aliphatic carbocycles. The highest BCUT2D eigenvalue weighted by molar-refractivity contribution is 7.98. The van der Waals surface area contributed by atoms with Crippen molar-refractivity contribution < 1.29 is 9.31 Å². The Morgan fingerprint density at radius 1 is 1.15 bits per heavy atom. The third kappa shape index (κ3) is 3.13. The zero-order valence-electron chi connectivity index (χ0n) is 13.6. The van der Waals surface area contributed by atoms with Gasteiger partial charge < -0.3 is 4.90 Å². The molecule has 0 atom stereocenters. The first-order chi connectivity index (χ1) is 12.6. The predicted octanol–water partition coefficient (Wildman–Crippen LogP) is 3.77. The van der Waals surface area contributed by atoms with Crippen LogP contribution in [0.3, 0.4) is 0 Å². The minimum absolute atomic E-state index is 0.0806. The molecule has 1 aliphatic rings. The molecule has 2 heterocycles. The van der Waals surface area contributed by atoms with E-state index in [1.807, 2.05) is 15.5 Å². The van der Waals surface area contributed by atoms with E-state index in [9.17, 15) is 14.5 Å². The zero-order chi connectivity index (χ0) is 18.1. The third-order valence-corrected chi connectivity index (χ3v) is 5.15. The van der Waals surface area contributed by atoms with E-state index >= 15 is 0 Å². The van der Waals surface area contributed by atoms with E-state index in [1.54, 1.807) is 24.3 Å². The minimum atomic E-state index is -0.399. The molecule has 2 aromatic carbocycles. The van der Waals surface area contributed by atoms with Crippen molar-refractivity contribution >= 4 is 29.1 Å². The summed E-state index contributed by atoms with van der Waals surface area (Å²) in [5, 5.41) is 20.1. The Balaban J connectivity index is 1.50. The van der Waals surface area contributed by atoms with Gasteiger partial charge in [0.05, 0.1) is 4.92 Å². The lowest BCUT2D eigenvalue weighted by Gasteiger charge is -2.14. The van der Waals surface area contributed by atoms with Crippen LogP contribution < -0.4 is 4.90 Å². The Morgan fingerprint density at radius 2 is 1.96 bits per heavy atom. The number of nitro benzene ring substituents is 1. The number of halogens is 1. The normalized spacial score (nSPS) is 13.0. The maximum Gasteiger partial charge on any atom is 0.269 e. The van der Waals surface area contributed by atoms with Crippen LogP contribution in [-0.4, -0.2) is 26.2 Å². The maximum absolute atomic E-state index is 13.1. The van der Waals surface area contributed by atoms with Crippen LogP contribution in [-0.2, 0) is 12.3 Å². The van der Waals surface area contributed by atoms with Crippen molar-refractivity contribution in [2.45, 2.75) is 17.5 Å². The van der Waals surface area contributed by atoms with E-state index < -0.39 is 4.92 Å². The Morgan fingerprint density at radius 3 is 2.73 bits per heavy atom. The van der Waals surface area contributed by atoms with Crippen molar-refractivity contribution in [3.8, 4) is 0 Å². The van der Waals surface area contributed by atoms with Crippen molar-refractivity contribution in [2.75, 3.05) is 11.4 Å². The number of non-ortho nitro benzene ring substituents is 1. The van der Waals surface area contributed by atoms with Gasteiger partial charge in [-0.15, -0.1) is 10.2 Å². The van der Waals surface area contributed by atoms with Crippen molar-refractivity contribution in [1.29, 1.82) is 0 Å². The minimum Gasteiger partial charge on any atom is -0.309 e. The van der Waals surface area contributed by atoms with Crippen LogP contribution in [0.4, 0.5) is 21.7 Å². The van der Waals surface area contributed by atoms with Gasteiger partial charge in [-0.3, -0.25) is 14.7 Å². The lowest BCUT2D eigenvalue weighted by atomic mass is 10.2. The van der Waals surface area contributed by atoms with Gasteiger partial charge in [-0.05, 0) is 29.8 Å². The molecule has 0 radical (unpaired) electrons. The van der Waals surface area contributed by atoms with Crippen LogP contribution in [0, 0.1) is 15.9 Å². The highest BCUT2D eigenvalue weighted by Crippen LogP contribution is 2.33. The second-order valence-electron chi connectivity index (χ2n) is 5.78. The molecule has 0 saturated carbocycles. The summed E-state index contributed by atoms with van der Waals surface area (Å²) in [6.07, 6.45) is 0. The number of benzene rings is 2. The lowest BCUT2D eigenvalue weighted by molar-refractivity contribution is -0.384. The summed E-state index contributed by atoms with van der Waals surface area (Å²) in [5.41, 5.74) is 1.81. The van der Waals surface area contributed by atoms with Crippen molar-refractivity contribution in [2.24, 2.45) is 0 Å². The highest BCUT2D eigenvalue weighted by Gasteiger charge is 2.26. The summed E-state index contributed by atoms with van der Waals surface area (Å²) in [7, 11) is 0. The monoisotopic (exact) mass is 371 g/mol. The van der Waals surface area contributed by atoms with Crippen LogP contribution in [0.2, 0.25) is 0 Å². The van der Waals surface area contributed by atoms with Gasteiger partial charge >= 0.3 is 0 Å². The molecular weight excluding hydrogens is 357 g/mol. The Labute approximate surface area is 152 Å². The fourth-order valence-electron chi connectivity index (χ4n) is 2.86. The molecule has 1 aliphatic heterocycles. The van der Waals surface area contributed by atoms with Gasteiger partial charge in [-0.25, -0.2) is 4.39 Å². The number of nitrogens with zero attached hydrogens (tertiary/aromatic N) is 5. The van der Waals surface area contributed by atoms with E-state index in [-0.39, 0.29) is 11.5 Å². The standard InChI is InChI=1S/C17H14FN5O2S/c18-13-4-6-14(7-5-13)21-8-9-22-16(21)19-20-17(22)26-11-12-2-1-3-15(10-12)23(24)25/h1-7,10H,8-9,11H2. The molecule has 3 aromatic rings. The number of nitro groups is 1. The van der Waals surface area contributed by atoms with Crippen LogP contribution in [0.15, 0.2) is 53.7 Å². The van der Waals surface area contributed by atoms with E-state index in [1.165, 1.54) is 30.0 Å². The van der Waals surface area contributed by atoms with Crippen LogP contribution >= 0.6 is 11.8 Å². The molecule has 7 nitrogen and oxygen atoms in total. The number of anilines is 2. The number of aromatic nitrogens is 3. The number of hydrogen-bond acceptors (Lipinski definition) is 6. The molecule has 26 heavy (non-hydrogen) atoms. The quantitative estimate of drug-likeness (QED) is 0.386. The summed E-state index contributed by atoms with van der Waals surface area (Å²) in [6, 6.07) is 12.9. The van der Waals surface area contributed by atoms with Gasteiger partial charge in [0.1, 0.15) is 5.82 Å². The molecule has 0 N–H and O–H groups in total. The first-order valence-corrected chi connectivity index (χ1v) is 8.93. The summed E-state index contributed by atoms with van der Waals surface area (Å²) < 4.78 is 15.1. The average Bonchev–Trinajstić information content (AvgIpc) is 3.23. The number of fused-ring (bicyclic) bond motifs is 1. The van der Waals surface area contributed by atoms with Gasteiger partial charge in [0.15, 0.2) is 5.16 Å². The first-order valence-electron chi connectivity index (χ1n) is 7.94. The molecule has 4 rings (SSSR count). The topological polar surface area (TPSA) is 77.1 Å². The Hall–Kier alpha value is -2.94. The van der Waals surface area contributed by atoms with Crippen LogP contribution in [0.1, 0.15) is 5.56 Å². The second kappa shape index (κ2) is 6.75. The molecule has 0 fully saturated rings. The van der Waals surface area contributed by atoms with Gasteiger partial charge in [-0.2, -0.15) is 0 Å². The number of thioether (sulfide) groups is 1. The fraction of sp³-hybridized carbons (Fsp3) is 0.176. The molecule has 9 heteroatoms. The molecule has 0 spiro atoms. The van der Waals surface area contributed by atoms with Gasteiger partial charge in [0, 0.05) is 36.7 Å². The molecule has 0 saturated heterocycles. The number of rotatable bonds is 5. The maximum atomic E-state index is 13.1. The first kappa shape index (κ1) is 16.5. The highest BCUT2D eigenvalue weighted by atomic mass is 32.2. The summed E-state index contributed by atoms with van der Waals surface area (Å²) in [6.45, 7) is 1.47. The summed E-state index contributed by atoms with van der Waals surface area (Å²) in [5.74, 6) is 1.01. The molecule has 132 valence electrons. The molecular formula is C17H14FN5O2S. The van der Waals surface area contributed by atoms with Crippen LogP contribution in [0.25, 0.3) is 0 Å². The lowest BCUT2D eigenvalue weighted by Crippen LogP contribution is -2.14. The Kier molecular flexibility index (Phi) is 4.29. The molecule has 0 amide bonds. The SMILES string of the molecule is O=[N+]([O-])c1cccc(CSc2nnc3n2CCN3c2ccc(F)cc2)c1. The smallest absolute Gasteiger partial charge is 0.269 e. The fourth-order valence-corrected chi connectivity index (χ4v) is 3.76. The van der Waals surface area contributed by atoms with E-state index in [0.717, 1.165) is 35.4 Å². The molecule has 0 unspecified atom stereocenters. The van der Waals surface area contributed by atoms with Gasteiger partial charge in [0.25, 0.3) is 5.69 Å². The zero-order valence-corrected chi connectivity index (χ0v) is 14.4. The van der Waals surface area contributed by atoms with E-state index in [0.29, 0.717) is 5.75 Å². The second-order valence-corrected chi connectivity index (χ2v) is 6.72. The molecule has 1 aromatic heterocycles. The largest absolute Gasteiger partial charge is 0.309 e. The van der Waals surface area contributed by atoms with E-state index in [2.05, 4.69) is 10.2 Å². The van der Waals surface area contributed by atoms with Crippen molar-refractivity contribution in [3.63, 3.8) is 0 Å². The van der Waals surface area contributed by atoms with Crippen molar-refractivity contribution in [3.05, 3.63) is 70.0 Å². The molecule has 0 bridgehead atoms. The van der Waals surface area contributed by atoms with E-state index in [4.69, 9.17) is 0 Å². The number of hydrogen-bond donors (Lipinski definition) is 0. The Bertz CT molecular complexity index is 960. The third-order valence-electron chi connectivity index (χ3n) is 4.11. The predicted molar refractivity (Wildman–Crippen MR) is 96.1 cm³/mol. The van der Waals surface area contributed by atoms with Crippen LogP contribution in [0.5, 0.6) is 0 Å². The van der Waals surface area contributed by atoms with Gasteiger partial charge in [-0.1, -0.05) is 23.9 Å². The average molecular weight is 371 g/mol. The van der Waals surface area contributed by atoms with Gasteiger partial charge in [0.2, 0.25) is 5.95 Å². The van der Waals surface area contributed by atoms with Crippen molar-refractivity contribution in [1.82, 2.24) is 14.8 Å².